The Kier molecular flexibility index (Phi) is 7.83. The molecule has 2 N–H and O–H groups in total. The molecular formula is C10H13BO6. The monoisotopic (exact) mass is 240 g/mol. The first-order valence-corrected chi connectivity index (χ1v) is 4.23. The molecular weight excluding hydrogens is 227 g/mol. The molecule has 0 aromatic heterocycles. The Morgan fingerprint density at radius 2 is 1.53 bits per heavy atom. The maximum atomic E-state index is 11.3. The van der Waals surface area contributed by atoms with E-state index in [4.69, 9.17) is 17.3 Å². The fraction of sp³-hybridized carbons (Fsp3) is 0.300. The Hall–Kier alpha value is -1.73. The second-order valence-electron chi connectivity index (χ2n) is 2.79. The normalized spacial score (nSPS) is 8.53. The molecule has 0 aliphatic heterocycles. The molecule has 0 fully saturated rings. The van der Waals surface area contributed by atoms with Crippen LogP contribution in [0.4, 0.5) is 0 Å². The van der Waals surface area contributed by atoms with Gasteiger partial charge in [0.05, 0.1) is 0 Å². The van der Waals surface area contributed by atoms with E-state index in [1.807, 2.05) is 0 Å². The smallest absolute Gasteiger partial charge is 0.870 e. The molecule has 0 radical (unpaired) electrons. The molecule has 0 spiro atoms. The van der Waals surface area contributed by atoms with Crippen LogP contribution in [0.1, 0.15) is 10.4 Å². The van der Waals surface area contributed by atoms with Gasteiger partial charge in [0.15, 0.2) is 0 Å². The predicted molar refractivity (Wildman–Crippen MR) is 60.1 cm³/mol. The topological polar surface area (TPSA) is 105 Å². The Bertz CT molecular complexity index is 379. The molecule has 0 saturated carbocycles. The third-order valence-electron chi connectivity index (χ3n) is 1.96. The molecule has 1 rings (SSSR count). The summed E-state index contributed by atoms with van der Waals surface area (Å²) in [5.41, 5.74) is 0.551. The van der Waals surface area contributed by atoms with E-state index >= 15 is 0 Å². The van der Waals surface area contributed by atoms with Crippen LogP contribution in [0.15, 0.2) is 12.1 Å². The van der Waals surface area contributed by atoms with E-state index in [1.165, 1.54) is 33.5 Å². The second kappa shape index (κ2) is 7.53. The number of carbonyl (C=O) groups is 1. The van der Waals surface area contributed by atoms with Gasteiger partial charge in [0.25, 0.3) is 0 Å². The van der Waals surface area contributed by atoms with Gasteiger partial charge in [0.1, 0.15) is 0 Å². The third kappa shape index (κ3) is 3.65. The minimum atomic E-state index is -0.506. The van der Waals surface area contributed by atoms with Crippen molar-refractivity contribution in [1.29, 1.82) is 0 Å². The molecule has 92 valence electrons. The maximum Gasteiger partial charge on any atom is -0.870 e. The van der Waals surface area contributed by atoms with E-state index in [0.29, 0.717) is 17.0 Å². The number of ether oxygens (including phenoxy) is 3. The molecule has 17 heavy (non-hydrogen) atoms. The Morgan fingerprint density at radius 3 is 1.94 bits per heavy atom. The Balaban J connectivity index is 0. The largest absolute Gasteiger partial charge is 0.870 e. The minimum Gasteiger partial charge on any atom is -0.870 e. The summed E-state index contributed by atoms with van der Waals surface area (Å²) in [6.45, 7) is 0. The third-order valence-corrected chi connectivity index (χ3v) is 1.96. The van der Waals surface area contributed by atoms with Crippen LogP contribution in [0.5, 0.6) is 11.5 Å². The van der Waals surface area contributed by atoms with Crippen molar-refractivity contribution in [2.75, 3.05) is 21.3 Å². The van der Waals surface area contributed by atoms with Gasteiger partial charge in [-0.3, -0.25) is 0 Å². The summed E-state index contributed by atoms with van der Waals surface area (Å²) in [7, 11) is 9.93. The predicted octanol–water partition coefficient (Wildman–Crippen LogP) is -0.0694. The molecule has 1 aromatic rings. The standard InChI is InChI=1S/C10H11BO4.2H2O/c1-13-8-4-6(10(12)15-3)7(11)5-9(8)14-2;;/h4-5H,1-3H3;2*1H2/q+2;;/p-2. The Morgan fingerprint density at radius 1 is 1.06 bits per heavy atom. The average Bonchev–Trinajstić information content (AvgIpc) is 2.27. The van der Waals surface area contributed by atoms with E-state index in [9.17, 15) is 4.79 Å². The van der Waals surface area contributed by atoms with Crippen molar-refractivity contribution < 1.29 is 30.0 Å². The molecule has 0 saturated heterocycles. The summed E-state index contributed by atoms with van der Waals surface area (Å²) in [6.07, 6.45) is 0. The van der Waals surface area contributed by atoms with E-state index in [2.05, 4.69) is 4.74 Å². The number of esters is 1. The number of hydrogen-bond donors (Lipinski definition) is 0. The first kappa shape index (κ1) is 17.7. The SMILES string of the molecule is [B+2]c1cc(OC)c(OC)cc1C(=O)OC.[OH-].[OH-]. The summed E-state index contributed by atoms with van der Waals surface area (Å²) >= 11 is 0. The van der Waals surface area contributed by atoms with Crippen LogP contribution < -0.4 is 14.9 Å². The number of benzene rings is 1. The van der Waals surface area contributed by atoms with Crippen LogP contribution in [0.3, 0.4) is 0 Å². The maximum absolute atomic E-state index is 11.3. The molecule has 0 amide bonds. The minimum absolute atomic E-state index is 0. The van der Waals surface area contributed by atoms with Crippen LogP contribution >= 0.6 is 0 Å². The van der Waals surface area contributed by atoms with Gasteiger partial charge in [-0.1, -0.05) is 0 Å². The van der Waals surface area contributed by atoms with E-state index in [0.717, 1.165) is 0 Å². The molecule has 0 bridgehead atoms. The summed E-state index contributed by atoms with van der Waals surface area (Å²) in [5.74, 6) is 0.406. The zero-order chi connectivity index (χ0) is 11.4. The van der Waals surface area contributed by atoms with Gasteiger partial charge >= 0.3 is 88.8 Å². The van der Waals surface area contributed by atoms with Gasteiger partial charge in [0, 0.05) is 0 Å². The molecule has 0 atom stereocenters. The second-order valence-corrected chi connectivity index (χ2v) is 2.79. The van der Waals surface area contributed by atoms with Crippen LogP contribution in [0, 0.1) is 0 Å². The molecule has 0 unspecified atom stereocenters. The van der Waals surface area contributed by atoms with Gasteiger partial charge in [0.2, 0.25) is 0 Å². The van der Waals surface area contributed by atoms with Gasteiger partial charge in [-0.05, 0) is 0 Å². The van der Waals surface area contributed by atoms with Gasteiger partial charge in [-0.25, -0.2) is 0 Å². The number of hydrogen-bond acceptors (Lipinski definition) is 6. The molecule has 7 heteroatoms. The van der Waals surface area contributed by atoms with Gasteiger partial charge < -0.3 is 11.0 Å². The molecule has 1 aromatic carbocycles. The first-order valence-electron chi connectivity index (χ1n) is 4.23. The zero-order valence-corrected chi connectivity index (χ0v) is 9.76. The van der Waals surface area contributed by atoms with Crippen molar-refractivity contribution in [2.45, 2.75) is 0 Å². The van der Waals surface area contributed by atoms with E-state index in [1.54, 1.807) is 0 Å². The number of rotatable bonds is 3. The summed E-state index contributed by atoms with van der Waals surface area (Å²) in [4.78, 5) is 11.3. The average molecular weight is 240 g/mol. The van der Waals surface area contributed by atoms with Crippen molar-refractivity contribution in [1.82, 2.24) is 0 Å². The van der Waals surface area contributed by atoms with Gasteiger partial charge in [-0.2, -0.15) is 0 Å². The van der Waals surface area contributed by atoms with Crippen molar-refractivity contribution in [3.63, 3.8) is 0 Å². The summed E-state index contributed by atoms with van der Waals surface area (Å²) in [6, 6.07) is 3.01. The zero-order valence-electron chi connectivity index (χ0n) is 9.76. The van der Waals surface area contributed by atoms with Crippen molar-refractivity contribution in [3.8, 4) is 11.5 Å². The van der Waals surface area contributed by atoms with E-state index in [-0.39, 0.29) is 16.5 Å². The quantitative estimate of drug-likeness (QED) is 0.540. The first-order chi connectivity index (χ1) is 7.13. The molecule has 0 aliphatic carbocycles. The molecule has 0 aliphatic rings. The van der Waals surface area contributed by atoms with Crippen LogP contribution in [0.2, 0.25) is 0 Å². The van der Waals surface area contributed by atoms with Crippen molar-refractivity contribution >= 4 is 19.3 Å². The number of carbonyl (C=O) groups excluding carboxylic acids is 1. The molecule has 6 nitrogen and oxygen atoms in total. The van der Waals surface area contributed by atoms with E-state index < -0.39 is 5.97 Å². The van der Waals surface area contributed by atoms with Crippen molar-refractivity contribution in [2.24, 2.45) is 0 Å². The van der Waals surface area contributed by atoms with Gasteiger partial charge in [-0.15, -0.1) is 0 Å². The Labute approximate surface area is 101 Å². The summed E-state index contributed by atoms with van der Waals surface area (Å²) in [5, 5.41) is 0. The van der Waals surface area contributed by atoms with Crippen molar-refractivity contribution in [3.05, 3.63) is 17.7 Å². The van der Waals surface area contributed by atoms with Crippen LogP contribution in [0.25, 0.3) is 0 Å². The number of methoxy groups -OCH3 is 3. The molecule has 0 heterocycles. The summed E-state index contributed by atoms with van der Waals surface area (Å²) < 4.78 is 14.6. The fourth-order valence-corrected chi connectivity index (χ4v) is 1.18. The van der Waals surface area contributed by atoms with Crippen LogP contribution in [-0.2, 0) is 4.74 Å². The van der Waals surface area contributed by atoms with Crippen LogP contribution in [-0.4, -0.2) is 46.1 Å². The fourth-order valence-electron chi connectivity index (χ4n) is 1.18.